The molecular formula is C20H28N2O2S. The zero-order chi connectivity index (χ0) is 17.4. The maximum absolute atomic E-state index is 12.9. The fourth-order valence-electron chi connectivity index (χ4n) is 5.20. The van der Waals surface area contributed by atoms with Gasteiger partial charge in [-0.25, -0.2) is 0 Å². The topological polar surface area (TPSA) is 43.8 Å². The Kier molecular flexibility index (Phi) is 4.96. The Bertz CT molecular complexity index is 630. The lowest BCUT2D eigenvalue weighted by Gasteiger charge is -2.51. The first-order valence-corrected chi connectivity index (χ1v) is 10.7. The highest BCUT2D eigenvalue weighted by Gasteiger charge is 2.54. The maximum Gasteiger partial charge on any atom is 0.223 e. The fraction of sp³-hybridized carbons (Fsp3) is 0.650. The lowest BCUT2D eigenvalue weighted by molar-refractivity contribution is -0.135. The number of benzene rings is 1. The number of thioether (sulfide) groups is 1. The average molecular weight is 361 g/mol. The zero-order valence-electron chi connectivity index (χ0n) is 14.9. The van der Waals surface area contributed by atoms with Gasteiger partial charge < -0.3 is 10.0 Å². The largest absolute Gasteiger partial charge is 0.508 e. The highest BCUT2D eigenvalue weighted by Crippen LogP contribution is 2.47. The monoisotopic (exact) mass is 360 g/mol. The predicted octanol–water partition coefficient (Wildman–Crippen LogP) is 2.92. The van der Waals surface area contributed by atoms with E-state index in [4.69, 9.17) is 0 Å². The molecule has 0 saturated carbocycles. The molecule has 1 aromatic carbocycles. The van der Waals surface area contributed by atoms with E-state index in [1.54, 1.807) is 6.07 Å². The van der Waals surface area contributed by atoms with Crippen LogP contribution < -0.4 is 0 Å². The molecule has 4 aliphatic heterocycles. The molecule has 2 bridgehead atoms. The molecule has 0 aliphatic carbocycles. The molecule has 4 heterocycles. The molecule has 4 fully saturated rings. The van der Waals surface area contributed by atoms with Crippen molar-refractivity contribution in [3.8, 4) is 5.75 Å². The Morgan fingerprint density at radius 2 is 2.08 bits per heavy atom. The minimum Gasteiger partial charge on any atom is -0.508 e. The van der Waals surface area contributed by atoms with Crippen molar-refractivity contribution in [3.05, 3.63) is 29.8 Å². The van der Waals surface area contributed by atoms with E-state index in [9.17, 15) is 9.90 Å². The molecule has 4 aliphatic rings. The molecule has 5 heteroatoms. The lowest BCUT2D eigenvalue weighted by atomic mass is 9.75. The summed E-state index contributed by atoms with van der Waals surface area (Å²) in [6, 6.07) is 8.47. The van der Waals surface area contributed by atoms with Crippen molar-refractivity contribution in [2.75, 3.05) is 31.1 Å². The van der Waals surface area contributed by atoms with E-state index in [-0.39, 0.29) is 0 Å². The van der Waals surface area contributed by atoms with Crippen molar-refractivity contribution in [2.45, 2.75) is 44.2 Å². The molecule has 25 heavy (non-hydrogen) atoms. The van der Waals surface area contributed by atoms with Gasteiger partial charge in [0.2, 0.25) is 5.91 Å². The molecule has 1 amide bonds. The number of likely N-dealkylation sites (tertiary alicyclic amines) is 1. The Morgan fingerprint density at radius 1 is 1.28 bits per heavy atom. The van der Waals surface area contributed by atoms with Crippen LogP contribution in [0.2, 0.25) is 0 Å². The summed E-state index contributed by atoms with van der Waals surface area (Å²) >= 11 is 1.85. The summed E-state index contributed by atoms with van der Waals surface area (Å²) in [4.78, 5) is 17.7. The average Bonchev–Trinajstić information content (AvgIpc) is 3.06. The molecule has 4 nitrogen and oxygen atoms in total. The van der Waals surface area contributed by atoms with Crippen molar-refractivity contribution in [2.24, 2.45) is 5.92 Å². The van der Waals surface area contributed by atoms with Crippen LogP contribution in [0.3, 0.4) is 0 Å². The highest BCUT2D eigenvalue weighted by atomic mass is 32.2. The van der Waals surface area contributed by atoms with Crippen LogP contribution in [0.1, 0.15) is 37.7 Å². The van der Waals surface area contributed by atoms with Crippen LogP contribution in [0.15, 0.2) is 24.3 Å². The number of hydrogen-bond acceptors (Lipinski definition) is 4. The lowest BCUT2D eigenvalue weighted by Crippen LogP contribution is -2.60. The summed E-state index contributed by atoms with van der Waals surface area (Å²) in [7, 11) is 0. The van der Waals surface area contributed by atoms with Gasteiger partial charge in [-0.2, -0.15) is 11.8 Å². The molecule has 1 aromatic rings. The van der Waals surface area contributed by atoms with E-state index in [0.29, 0.717) is 42.0 Å². The Labute approximate surface area is 154 Å². The van der Waals surface area contributed by atoms with Gasteiger partial charge in [0, 0.05) is 30.7 Å². The third kappa shape index (κ3) is 3.17. The maximum atomic E-state index is 12.9. The van der Waals surface area contributed by atoms with E-state index in [1.807, 2.05) is 23.9 Å². The normalized spacial score (nSPS) is 33.5. The van der Waals surface area contributed by atoms with E-state index in [0.717, 1.165) is 31.1 Å². The molecule has 0 aromatic heterocycles. The minimum atomic E-state index is 0.322. The molecule has 0 spiro atoms. The number of fused-ring (bicyclic) bond motifs is 2. The summed E-state index contributed by atoms with van der Waals surface area (Å²) in [5.74, 6) is 3.63. The van der Waals surface area contributed by atoms with E-state index in [1.165, 1.54) is 18.4 Å². The van der Waals surface area contributed by atoms with Gasteiger partial charge in [0.1, 0.15) is 5.75 Å². The van der Waals surface area contributed by atoms with Crippen molar-refractivity contribution in [1.29, 1.82) is 0 Å². The molecule has 0 radical (unpaired) electrons. The molecule has 5 rings (SSSR count). The van der Waals surface area contributed by atoms with Gasteiger partial charge in [0.25, 0.3) is 0 Å². The third-order valence-corrected chi connectivity index (χ3v) is 7.18. The Balaban J connectivity index is 1.60. The van der Waals surface area contributed by atoms with Crippen molar-refractivity contribution >= 4 is 17.7 Å². The summed E-state index contributed by atoms with van der Waals surface area (Å²) in [6.07, 6.45) is 3.10. The van der Waals surface area contributed by atoms with Crippen molar-refractivity contribution in [1.82, 2.24) is 9.80 Å². The van der Waals surface area contributed by atoms with Crippen molar-refractivity contribution in [3.63, 3.8) is 0 Å². The quantitative estimate of drug-likeness (QED) is 0.820. The van der Waals surface area contributed by atoms with Gasteiger partial charge in [0.05, 0.1) is 6.04 Å². The summed E-state index contributed by atoms with van der Waals surface area (Å²) in [5.41, 5.74) is 1.18. The minimum absolute atomic E-state index is 0.322. The van der Waals surface area contributed by atoms with Gasteiger partial charge in [-0.05, 0) is 55.3 Å². The fourth-order valence-corrected chi connectivity index (χ4v) is 5.81. The summed E-state index contributed by atoms with van der Waals surface area (Å²) < 4.78 is 0. The third-order valence-electron chi connectivity index (χ3n) is 6.28. The second-order valence-electron chi connectivity index (χ2n) is 7.55. The number of nitrogens with zero attached hydrogens (tertiary/aromatic N) is 2. The first kappa shape index (κ1) is 17.2. The van der Waals surface area contributed by atoms with Crippen LogP contribution in [0.25, 0.3) is 0 Å². The predicted molar refractivity (Wildman–Crippen MR) is 102 cm³/mol. The van der Waals surface area contributed by atoms with Crippen LogP contribution >= 0.6 is 11.8 Å². The number of piperidine rings is 3. The molecule has 1 N–H and O–H groups in total. The summed E-state index contributed by atoms with van der Waals surface area (Å²) in [5, 5.41) is 9.92. The van der Waals surface area contributed by atoms with Crippen LogP contribution in [0.4, 0.5) is 0 Å². The number of rotatable bonds is 5. The van der Waals surface area contributed by atoms with Crippen LogP contribution in [-0.2, 0) is 4.79 Å². The van der Waals surface area contributed by atoms with E-state index < -0.39 is 0 Å². The standard InChI is InChI=1S/C20H28N2O2S/c1-2-25-11-8-18(24)22-13-17(15-4-3-5-16(23)12-15)20-19(22)14-6-9-21(20)10-7-14/h3-5,12,14,17,19-20,23H,2,6-11,13H2,1H3/t17-,19+,20+/m0/s1. The number of amides is 1. The zero-order valence-corrected chi connectivity index (χ0v) is 15.8. The van der Waals surface area contributed by atoms with Crippen LogP contribution in [-0.4, -0.2) is 64.0 Å². The SMILES string of the molecule is CCSCCC(=O)N1C[C@@H](c2cccc(O)c2)[C@@H]2[C@H]1C1CCN2CC1. The second-order valence-corrected chi connectivity index (χ2v) is 8.94. The number of hydrogen-bond donors (Lipinski definition) is 1. The first-order chi connectivity index (χ1) is 12.2. The van der Waals surface area contributed by atoms with Gasteiger partial charge in [-0.1, -0.05) is 19.1 Å². The van der Waals surface area contributed by atoms with Gasteiger partial charge in [-0.15, -0.1) is 0 Å². The molecule has 0 unspecified atom stereocenters. The number of phenols is 1. The Morgan fingerprint density at radius 3 is 2.80 bits per heavy atom. The number of phenolic OH excluding ortho intramolecular Hbond substituents is 1. The second kappa shape index (κ2) is 7.20. The highest BCUT2D eigenvalue weighted by molar-refractivity contribution is 7.99. The number of carbonyl (C=O) groups excluding carboxylic acids is 1. The molecular weight excluding hydrogens is 332 g/mol. The van der Waals surface area contributed by atoms with Crippen LogP contribution in [0.5, 0.6) is 5.75 Å². The van der Waals surface area contributed by atoms with Crippen molar-refractivity contribution < 1.29 is 9.90 Å². The van der Waals surface area contributed by atoms with Gasteiger partial charge in [-0.3, -0.25) is 9.69 Å². The summed E-state index contributed by atoms with van der Waals surface area (Å²) in [6.45, 7) is 5.28. The first-order valence-electron chi connectivity index (χ1n) is 9.59. The van der Waals surface area contributed by atoms with E-state index >= 15 is 0 Å². The van der Waals surface area contributed by atoms with E-state index in [2.05, 4.69) is 22.8 Å². The molecule has 4 saturated heterocycles. The van der Waals surface area contributed by atoms with Gasteiger partial charge >= 0.3 is 0 Å². The van der Waals surface area contributed by atoms with Crippen LogP contribution in [0, 0.1) is 5.92 Å². The smallest absolute Gasteiger partial charge is 0.223 e. The number of carbonyl (C=O) groups is 1. The Hall–Kier alpha value is -1.20. The number of aromatic hydroxyl groups is 1. The molecule has 3 atom stereocenters. The molecule has 136 valence electrons. The van der Waals surface area contributed by atoms with Gasteiger partial charge in [0.15, 0.2) is 0 Å².